The summed E-state index contributed by atoms with van der Waals surface area (Å²) < 4.78 is 4.85. The number of phenolic OH excluding ortho intramolecular Hbond substituents is 1. The highest BCUT2D eigenvalue weighted by Gasteiger charge is 2.19. The maximum Gasteiger partial charge on any atom is 0.314 e. The van der Waals surface area contributed by atoms with Crippen molar-refractivity contribution >= 4 is 5.69 Å². The third kappa shape index (κ3) is 2.42. The highest BCUT2D eigenvalue weighted by atomic mass is 16.6. The summed E-state index contributed by atoms with van der Waals surface area (Å²) in [6.45, 7) is 0. The molecule has 1 N–H and O–H groups in total. The van der Waals surface area contributed by atoms with Gasteiger partial charge in [0.1, 0.15) is 0 Å². The van der Waals surface area contributed by atoms with Gasteiger partial charge in [0.25, 0.3) is 0 Å². The number of nitro groups is 1. The van der Waals surface area contributed by atoms with Crippen LogP contribution in [0.3, 0.4) is 0 Å². The smallest absolute Gasteiger partial charge is 0.314 e. The van der Waals surface area contributed by atoms with Crippen LogP contribution in [0, 0.1) is 22.5 Å². The van der Waals surface area contributed by atoms with Gasteiger partial charge in [-0.3, -0.25) is 10.1 Å². The van der Waals surface area contributed by atoms with E-state index in [9.17, 15) is 15.2 Å². The molecule has 0 aliphatic carbocycles. The molecule has 1 rings (SSSR count). The zero-order chi connectivity index (χ0) is 12.1. The summed E-state index contributed by atoms with van der Waals surface area (Å²) in [4.78, 5) is 10.0. The van der Waals surface area contributed by atoms with Crippen LogP contribution < -0.4 is 4.74 Å². The van der Waals surface area contributed by atoms with Crippen LogP contribution in [-0.4, -0.2) is 17.1 Å². The van der Waals surface area contributed by atoms with E-state index in [1.807, 2.05) is 0 Å². The fraction of sp³-hybridized carbons (Fsp3) is 0.273. The second-order valence-corrected chi connectivity index (χ2v) is 3.13. The molecule has 0 spiro atoms. The summed E-state index contributed by atoms with van der Waals surface area (Å²) in [5, 5.41) is 20.2. The van der Waals surface area contributed by atoms with Crippen molar-refractivity contribution in [3.8, 4) is 23.8 Å². The van der Waals surface area contributed by atoms with Crippen LogP contribution in [-0.2, 0) is 6.42 Å². The maximum absolute atomic E-state index is 10.7. The van der Waals surface area contributed by atoms with Crippen molar-refractivity contribution in [3.05, 3.63) is 27.8 Å². The van der Waals surface area contributed by atoms with Gasteiger partial charge < -0.3 is 9.84 Å². The monoisotopic (exact) mass is 221 g/mol. The molecule has 0 saturated carbocycles. The van der Waals surface area contributed by atoms with E-state index in [-0.39, 0.29) is 11.4 Å². The Morgan fingerprint density at radius 3 is 2.81 bits per heavy atom. The molecule has 1 aromatic carbocycles. The number of ether oxygens (including phenoxy) is 1. The number of benzene rings is 1. The lowest BCUT2D eigenvalue weighted by Crippen LogP contribution is -1.95. The van der Waals surface area contributed by atoms with Gasteiger partial charge in [0.2, 0.25) is 5.75 Å². The van der Waals surface area contributed by atoms with E-state index in [1.165, 1.54) is 13.2 Å². The average molecular weight is 221 g/mol. The van der Waals surface area contributed by atoms with Crippen molar-refractivity contribution < 1.29 is 14.8 Å². The van der Waals surface area contributed by atoms with Gasteiger partial charge in [-0.05, 0) is 18.1 Å². The van der Waals surface area contributed by atoms with Crippen molar-refractivity contribution in [2.75, 3.05) is 7.11 Å². The van der Waals surface area contributed by atoms with Crippen molar-refractivity contribution in [2.45, 2.75) is 12.8 Å². The molecule has 1 aromatic rings. The Kier molecular flexibility index (Phi) is 3.72. The zero-order valence-electron chi connectivity index (χ0n) is 8.77. The van der Waals surface area contributed by atoms with E-state index >= 15 is 0 Å². The Labute approximate surface area is 92.8 Å². The lowest BCUT2D eigenvalue weighted by molar-refractivity contribution is -0.386. The van der Waals surface area contributed by atoms with E-state index < -0.39 is 10.7 Å². The third-order valence-corrected chi connectivity index (χ3v) is 2.09. The molecule has 5 heteroatoms. The van der Waals surface area contributed by atoms with Crippen molar-refractivity contribution in [1.82, 2.24) is 0 Å². The number of terminal acetylenes is 1. The Morgan fingerprint density at radius 1 is 1.62 bits per heavy atom. The maximum atomic E-state index is 10.7. The van der Waals surface area contributed by atoms with E-state index in [0.29, 0.717) is 18.4 Å². The normalized spacial score (nSPS) is 9.50. The number of methoxy groups -OCH3 is 1. The summed E-state index contributed by atoms with van der Waals surface area (Å²) in [6.07, 6.45) is 6.10. The first-order valence-electron chi connectivity index (χ1n) is 4.58. The van der Waals surface area contributed by atoms with Gasteiger partial charge in [-0.15, -0.1) is 12.3 Å². The molecule has 0 fully saturated rings. The molecule has 0 heterocycles. The molecule has 0 atom stereocenters. The van der Waals surface area contributed by atoms with Crippen molar-refractivity contribution in [2.24, 2.45) is 0 Å². The van der Waals surface area contributed by atoms with Gasteiger partial charge in [0.15, 0.2) is 5.75 Å². The topological polar surface area (TPSA) is 72.6 Å². The van der Waals surface area contributed by atoms with Crippen LogP contribution in [0.1, 0.15) is 12.0 Å². The number of phenols is 1. The van der Waals surface area contributed by atoms with Gasteiger partial charge in [-0.2, -0.15) is 0 Å². The second kappa shape index (κ2) is 5.03. The minimum Gasteiger partial charge on any atom is -0.500 e. The zero-order valence-corrected chi connectivity index (χ0v) is 8.77. The molecular formula is C11H11NO4. The van der Waals surface area contributed by atoms with Crippen LogP contribution >= 0.6 is 0 Å². The van der Waals surface area contributed by atoms with Gasteiger partial charge in [-0.25, -0.2) is 0 Å². The number of nitro benzene ring substituents is 1. The number of hydrogen-bond donors (Lipinski definition) is 1. The summed E-state index contributed by atoms with van der Waals surface area (Å²) in [5.74, 6) is 2.07. The highest BCUT2D eigenvalue weighted by molar-refractivity contribution is 5.57. The largest absolute Gasteiger partial charge is 0.500 e. The van der Waals surface area contributed by atoms with Crippen molar-refractivity contribution in [3.63, 3.8) is 0 Å². The molecule has 0 aliphatic rings. The number of aryl methyl sites for hydroxylation is 1. The molecule has 0 amide bonds. The predicted molar refractivity (Wildman–Crippen MR) is 58.5 cm³/mol. The minimum atomic E-state index is -0.656. The summed E-state index contributed by atoms with van der Waals surface area (Å²) in [7, 11) is 1.34. The summed E-state index contributed by atoms with van der Waals surface area (Å²) in [6, 6.07) is 2.84. The lowest BCUT2D eigenvalue weighted by atomic mass is 10.1. The molecule has 0 aliphatic heterocycles. The van der Waals surface area contributed by atoms with Crippen molar-refractivity contribution in [1.29, 1.82) is 0 Å². The van der Waals surface area contributed by atoms with Crippen LogP contribution in [0.5, 0.6) is 11.5 Å². The number of rotatable bonds is 4. The quantitative estimate of drug-likeness (QED) is 0.478. The van der Waals surface area contributed by atoms with Crippen LogP contribution in [0.2, 0.25) is 0 Å². The van der Waals surface area contributed by atoms with Gasteiger partial charge >= 0.3 is 5.69 Å². The first kappa shape index (κ1) is 11.9. The molecule has 0 bridgehead atoms. The van der Waals surface area contributed by atoms with Crippen LogP contribution in [0.4, 0.5) is 5.69 Å². The number of aromatic hydroxyl groups is 1. The number of nitrogens with zero attached hydrogens (tertiary/aromatic N) is 1. The first-order chi connectivity index (χ1) is 7.60. The van der Waals surface area contributed by atoms with E-state index in [0.717, 1.165) is 0 Å². The van der Waals surface area contributed by atoms with Gasteiger partial charge in [-0.1, -0.05) is 0 Å². The molecule has 16 heavy (non-hydrogen) atoms. The molecule has 5 nitrogen and oxygen atoms in total. The molecule has 0 aromatic heterocycles. The Morgan fingerprint density at radius 2 is 2.31 bits per heavy atom. The minimum absolute atomic E-state index is 0.0845. The average Bonchev–Trinajstić information content (AvgIpc) is 2.27. The standard InChI is InChI=1S/C11H11NO4/c1-3-4-5-8-6-9(12(14)15)11(13)10(7-8)16-2/h1,6-7,13H,4-5H2,2H3. The van der Waals surface area contributed by atoms with Crippen LogP contribution in [0.15, 0.2) is 12.1 Å². The third-order valence-electron chi connectivity index (χ3n) is 2.09. The molecule has 0 radical (unpaired) electrons. The molecule has 0 unspecified atom stereocenters. The Bertz CT molecular complexity index is 448. The highest BCUT2D eigenvalue weighted by Crippen LogP contribution is 2.37. The Balaban J connectivity index is 3.18. The molecular weight excluding hydrogens is 210 g/mol. The van der Waals surface area contributed by atoms with Crippen LogP contribution in [0.25, 0.3) is 0 Å². The van der Waals surface area contributed by atoms with Gasteiger partial charge in [0.05, 0.1) is 12.0 Å². The van der Waals surface area contributed by atoms with Gasteiger partial charge in [0, 0.05) is 12.5 Å². The fourth-order valence-corrected chi connectivity index (χ4v) is 1.30. The second-order valence-electron chi connectivity index (χ2n) is 3.13. The summed E-state index contributed by atoms with van der Waals surface area (Å²) in [5.41, 5.74) is 0.297. The Hall–Kier alpha value is -2.22. The molecule has 84 valence electrons. The summed E-state index contributed by atoms with van der Waals surface area (Å²) >= 11 is 0. The fourth-order valence-electron chi connectivity index (χ4n) is 1.30. The van der Waals surface area contributed by atoms with E-state index in [4.69, 9.17) is 11.2 Å². The van der Waals surface area contributed by atoms with E-state index in [1.54, 1.807) is 6.07 Å². The first-order valence-corrected chi connectivity index (χ1v) is 4.58. The SMILES string of the molecule is C#CCCc1cc(OC)c(O)c([N+](=O)[O-])c1. The number of hydrogen-bond acceptors (Lipinski definition) is 4. The van der Waals surface area contributed by atoms with E-state index in [2.05, 4.69) is 5.92 Å². The molecule has 0 saturated heterocycles. The lowest BCUT2D eigenvalue weighted by Gasteiger charge is -2.06. The predicted octanol–water partition coefficient (Wildman–Crippen LogP) is 1.87.